The van der Waals surface area contributed by atoms with E-state index < -0.39 is 6.04 Å². The number of carbonyl (C=O) groups is 2. The number of anilines is 2. The topological polar surface area (TPSA) is 85.7 Å². The van der Waals surface area contributed by atoms with Gasteiger partial charge in [-0.05, 0) is 56.0 Å². The number of halogens is 1. The van der Waals surface area contributed by atoms with Crippen molar-refractivity contribution in [2.45, 2.75) is 57.6 Å². The molecule has 1 atom stereocenters. The minimum Gasteiger partial charge on any atom is -0.489 e. The van der Waals surface area contributed by atoms with E-state index in [4.69, 9.17) is 21.6 Å². The number of benzene rings is 2. The van der Waals surface area contributed by atoms with E-state index in [-0.39, 0.29) is 24.3 Å². The van der Waals surface area contributed by atoms with Gasteiger partial charge in [0.05, 0.1) is 11.1 Å². The molecule has 2 aliphatic rings. The summed E-state index contributed by atoms with van der Waals surface area (Å²) in [7, 11) is 0. The van der Waals surface area contributed by atoms with Crippen LogP contribution in [0, 0.1) is 18.3 Å². The normalized spacial score (nSPS) is 18.6. The van der Waals surface area contributed by atoms with Gasteiger partial charge >= 0.3 is 0 Å². The van der Waals surface area contributed by atoms with Crippen LogP contribution < -0.4 is 15.0 Å². The molecular formula is C27H31ClN4O3. The third kappa shape index (κ3) is 6.07. The lowest BCUT2D eigenvalue weighted by Crippen LogP contribution is -2.49. The maximum absolute atomic E-state index is 12.9. The Balaban J connectivity index is 1.33. The third-order valence-electron chi connectivity index (χ3n) is 6.75. The van der Waals surface area contributed by atoms with Gasteiger partial charge < -0.3 is 19.9 Å². The van der Waals surface area contributed by atoms with Crippen molar-refractivity contribution in [1.29, 1.82) is 5.26 Å². The standard InChI is InChI=1S/C27H31ClN4O3/c1-19-6-2-3-7-23(19)31-16-12-21(13-17-31)35-25-10-9-20(18-22(25)28)30-27(34)24-8-4-5-15-32(24)26(33)11-14-29/h2-3,6-7,9-10,18,21,24H,4-5,8,11-13,15-17H2,1H3,(H,30,34)/t24-/m1/s1. The van der Waals surface area contributed by atoms with Gasteiger partial charge in [-0.15, -0.1) is 0 Å². The van der Waals surface area contributed by atoms with Crippen LogP contribution in [0.3, 0.4) is 0 Å². The third-order valence-corrected chi connectivity index (χ3v) is 7.04. The number of hydrogen-bond donors (Lipinski definition) is 1. The summed E-state index contributed by atoms with van der Waals surface area (Å²) < 4.78 is 6.20. The van der Waals surface area contributed by atoms with Crippen LogP contribution in [0.1, 0.15) is 44.1 Å². The summed E-state index contributed by atoms with van der Waals surface area (Å²) in [4.78, 5) is 29.1. The van der Waals surface area contributed by atoms with Crippen LogP contribution in [0.2, 0.25) is 5.02 Å². The summed E-state index contributed by atoms with van der Waals surface area (Å²) in [5.41, 5.74) is 3.10. The smallest absolute Gasteiger partial charge is 0.247 e. The number of aryl methyl sites for hydroxylation is 1. The van der Waals surface area contributed by atoms with Gasteiger partial charge in [0.1, 0.15) is 24.3 Å². The molecule has 184 valence electrons. The van der Waals surface area contributed by atoms with E-state index in [0.29, 0.717) is 29.4 Å². The average molecular weight is 495 g/mol. The average Bonchev–Trinajstić information content (AvgIpc) is 2.87. The fourth-order valence-electron chi connectivity index (χ4n) is 4.88. The number of nitrogens with one attached hydrogen (secondary N) is 1. The van der Waals surface area contributed by atoms with Crippen LogP contribution in [0.5, 0.6) is 5.75 Å². The highest BCUT2D eigenvalue weighted by Gasteiger charge is 2.32. The van der Waals surface area contributed by atoms with Crippen LogP contribution in [0.15, 0.2) is 42.5 Å². The Kier molecular flexibility index (Phi) is 8.14. The van der Waals surface area contributed by atoms with Gasteiger partial charge in [-0.3, -0.25) is 9.59 Å². The Labute approximate surface area is 211 Å². The zero-order valence-corrected chi connectivity index (χ0v) is 20.8. The number of para-hydroxylation sites is 1. The molecule has 35 heavy (non-hydrogen) atoms. The molecule has 0 radical (unpaired) electrons. The van der Waals surface area contributed by atoms with Crippen LogP contribution in [-0.2, 0) is 9.59 Å². The Morgan fingerprint density at radius 2 is 1.89 bits per heavy atom. The van der Waals surface area contributed by atoms with Crippen molar-refractivity contribution in [2.75, 3.05) is 29.9 Å². The van der Waals surface area contributed by atoms with Gasteiger partial charge in [0.15, 0.2) is 0 Å². The zero-order valence-electron chi connectivity index (χ0n) is 20.0. The summed E-state index contributed by atoms with van der Waals surface area (Å²) in [6.07, 6.45) is 3.95. The van der Waals surface area contributed by atoms with Crippen LogP contribution in [0.4, 0.5) is 11.4 Å². The first-order valence-electron chi connectivity index (χ1n) is 12.2. The number of likely N-dealkylation sites (tertiary alicyclic amines) is 1. The number of rotatable bonds is 6. The van der Waals surface area contributed by atoms with Crippen molar-refractivity contribution in [1.82, 2.24) is 4.90 Å². The highest BCUT2D eigenvalue weighted by atomic mass is 35.5. The zero-order chi connectivity index (χ0) is 24.8. The molecular weight excluding hydrogens is 464 g/mol. The highest BCUT2D eigenvalue weighted by molar-refractivity contribution is 6.32. The monoisotopic (exact) mass is 494 g/mol. The number of piperidine rings is 2. The molecule has 1 N–H and O–H groups in total. The molecule has 4 rings (SSSR count). The first kappa shape index (κ1) is 24.9. The van der Waals surface area contributed by atoms with Crippen molar-refractivity contribution in [3.63, 3.8) is 0 Å². The minimum absolute atomic E-state index is 0.0788. The van der Waals surface area contributed by atoms with E-state index in [9.17, 15) is 9.59 Å². The van der Waals surface area contributed by atoms with Gasteiger partial charge in [0, 0.05) is 43.9 Å². The number of ether oxygens (including phenoxy) is 1. The predicted octanol–water partition coefficient (Wildman–Crippen LogP) is 4.93. The van der Waals surface area contributed by atoms with E-state index >= 15 is 0 Å². The maximum Gasteiger partial charge on any atom is 0.247 e. The molecule has 2 fully saturated rings. The second kappa shape index (κ2) is 11.5. The number of hydrogen-bond acceptors (Lipinski definition) is 5. The summed E-state index contributed by atoms with van der Waals surface area (Å²) >= 11 is 6.50. The summed E-state index contributed by atoms with van der Waals surface area (Å²) in [6, 6.07) is 15.0. The summed E-state index contributed by atoms with van der Waals surface area (Å²) in [5, 5.41) is 12.2. The molecule has 2 aliphatic heterocycles. The Morgan fingerprint density at radius 3 is 2.60 bits per heavy atom. The lowest BCUT2D eigenvalue weighted by molar-refractivity contribution is -0.139. The van der Waals surface area contributed by atoms with Gasteiger partial charge in [0.2, 0.25) is 11.8 Å². The Hall–Kier alpha value is -3.24. The lowest BCUT2D eigenvalue weighted by atomic mass is 10.0. The lowest BCUT2D eigenvalue weighted by Gasteiger charge is -2.35. The van der Waals surface area contributed by atoms with Gasteiger partial charge in [-0.2, -0.15) is 5.26 Å². The largest absolute Gasteiger partial charge is 0.489 e. The molecule has 0 saturated carbocycles. The number of carbonyl (C=O) groups excluding carboxylic acids is 2. The molecule has 0 aromatic heterocycles. The molecule has 2 aromatic rings. The van der Waals surface area contributed by atoms with E-state index in [1.165, 1.54) is 16.2 Å². The van der Waals surface area contributed by atoms with Gasteiger partial charge in [-0.1, -0.05) is 29.8 Å². The van der Waals surface area contributed by atoms with Gasteiger partial charge in [-0.25, -0.2) is 0 Å². The summed E-state index contributed by atoms with van der Waals surface area (Å²) in [5.74, 6) is 0.0365. The SMILES string of the molecule is Cc1ccccc1N1CCC(Oc2ccc(NC(=O)[C@H]3CCCCN3C(=O)CC#N)cc2Cl)CC1. The second-order valence-electron chi connectivity index (χ2n) is 9.16. The fraction of sp³-hybridized carbons (Fsp3) is 0.444. The Morgan fingerprint density at radius 1 is 1.11 bits per heavy atom. The first-order chi connectivity index (χ1) is 17.0. The van der Waals surface area contributed by atoms with Crippen molar-refractivity contribution >= 4 is 34.8 Å². The van der Waals surface area contributed by atoms with Crippen molar-refractivity contribution < 1.29 is 14.3 Å². The molecule has 2 heterocycles. The number of nitriles is 1. The molecule has 2 aromatic carbocycles. The van der Waals surface area contributed by atoms with E-state index in [1.807, 2.05) is 6.07 Å². The minimum atomic E-state index is -0.572. The molecule has 0 unspecified atom stereocenters. The second-order valence-corrected chi connectivity index (χ2v) is 9.57. The maximum atomic E-state index is 12.9. The van der Waals surface area contributed by atoms with Crippen LogP contribution in [-0.4, -0.2) is 48.5 Å². The van der Waals surface area contributed by atoms with Crippen LogP contribution >= 0.6 is 11.6 Å². The first-order valence-corrected chi connectivity index (χ1v) is 12.6. The molecule has 0 aliphatic carbocycles. The predicted molar refractivity (Wildman–Crippen MR) is 137 cm³/mol. The fourth-order valence-corrected chi connectivity index (χ4v) is 5.11. The Bertz CT molecular complexity index is 1110. The highest BCUT2D eigenvalue weighted by Crippen LogP contribution is 2.32. The molecule has 0 spiro atoms. The van der Waals surface area contributed by atoms with E-state index in [2.05, 4.69) is 41.4 Å². The van der Waals surface area contributed by atoms with E-state index in [1.54, 1.807) is 18.2 Å². The van der Waals surface area contributed by atoms with Crippen molar-refractivity contribution in [2.24, 2.45) is 0 Å². The molecule has 2 saturated heterocycles. The quantitative estimate of drug-likeness (QED) is 0.615. The molecule has 8 heteroatoms. The summed E-state index contributed by atoms with van der Waals surface area (Å²) in [6.45, 7) is 4.47. The number of nitrogens with zero attached hydrogens (tertiary/aromatic N) is 3. The number of amides is 2. The van der Waals surface area contributed by atoms with Crippen LogP contribution in [0.25, 0.3) is 0 Å². The van der Waals surface area contributed by atoms with Crippen molar-refractivity contribution in [3.05, 3.63) is 53.1 Å². The molecule has 2 amide bonds. The van der Waals surface area contributed by atoms with E-state index in [0.717, 1.165) is 38.8 Å². The van der Waals surface area contributed by atoms with Gasteiger partial charge in [0.25, 0.3) is 0 Å². The molecule has 7 nitrogen and oxygen atoms in total. The van der Waals surface area contributed by atoms with Crippen molar-refractivity contribution in [3.8, 4) is 11.8 Å². The molecule has 0 bridgehead atoms.